The van der Waals surface area contributed by atoms with Gasteiger partial charge in [-0.3, -0.25) is 0 Å². The molecule has 0 radical (unpaired) electrons. The molecule has 1 fully saturated rings. The average Bonchev–Trinajstić information content (AvgIpc) is 2.66. The number of carbonyl (C=O) groups is 1. The fourth-order valence-electron chi connectivity index (χ4n) is 1.21. The topological polar surface area (TPSA) is 37.3 Å². The zero-order valence-corrected chi connectivity index (χ0v) is 7.43. The van der Waals surface area contributed by atoms with E-state index in [-0.39, 0.29) is 0 Å². The summed E-state index contributed by atoms with van der Waals surface area (Å²) < 4.78 is 0. The van der Waals surface area contributed by atoms with E-state index >= 15 is 0 Å². The first-order chi connectivity index (χ1) is 5.75. The molecule has 1 aromatic heterocycles. The van der Waals surface area contributed by atoms with Gasteiger partial charge in [-0.1, -0.05) is 0 Å². The second-order valence-corrected chi connectivity index (χ2v) is 4.39. The summed E-state index contributed by atoms with van der Waals surface area (Å²) in [7, 11) is 0. The second-order valence-electron chi connectivity index (χ2n) is 3.22. The van der Waals surface area contributed by atoms with Crippen LogP contribution in [0.1, 0.15) is 27.4 Å². The minimum atomic E-state index is -0.804. The van der Waals surface area contributed by atoms with Crippen LogP contribution < -0.4 is 0 Å². The summed E-state index contributed by atoms with van der Waals surface area (Å²) in [6, 6.07) is 3.64. The third-order valence-corrected chi connectivity index (χ3v) is 3.15. The molecule has 12 heavy (non-hydrogen) atoms. The van der Waals surface area contributed by atoms with E-state index in [2.05, 4.69) is 0 Å². The van der Waals surface area contributed by atoms with Crippen LogP contribution >= 0.6 is 11.3 Å². The molecule has 1 N–H and O–H groups in total. The zero-order chi connectivity index (χ0) is 8.55. The largest absolute Gasteiger partial charge is 0.477 e. The lowest BCUT2D eigenvalue weighted by Gasteiger charge is -1.89. The summed E-state index contributed by atoms with van der Waals surface area (Å²) in [4.78, 5) is 12.2. The summed E-state index contributed by atoms with van der Waals surface area (Å²) in [5, 5.41) is 8.66. The van der Waals surface area contributed by atoms with Crippen LogP contribution in [0.4, 0.5) is 0 Å². The highest BCUT2D eigenvalue weighted by Gasteiger charge is 2.22. The summed E-state index contributed by atoms with van der Waals surface area (Å²) in [6.45, 7) is 0. The van der Waals surface area contributed by atoms with Gasteiger partial charge in [0.1, 0.15) is 4.88 Å². The predicted molar refractivity (Wildman–Crippen MR) is 47.7 cm³/mol. The Balaban J connectivity index is 2.06. The van der Waals surface area contributed by atoms with Gasteiger partial charge in [0.25, 0.3) is 0 Å². The highest BCUT2D eigenvalue weighted by atomic mass is 32.1. The minimum absolute atomic E-state index is 0.464. The molecule has 1 aromatic rings. The molecule has 1 aliphatic carbocycles. The number of hydrogen-bond donors (Lipinski definition) is 1. The van der Waals surface area contributed by atoms with E-state index in [1.807, 2.05) is 6.07 Å². The number of carboxylic acids is 1. The normalized spacial score (nSPS) is 16.3. The number of thiophene rings is 1. The number of hydrogen-bond acceptors (Lipinski definition) is 2. The number of carboxylic acid groups (broad SMARTS) is 1. The molecule has 64 valence electrons. The Kier molecular flexibility index (Phi) is 1.89. The molecule has 1 heterocycles. The molecule has 2 rings (SSSR count). The molecule has 0 bridgehead atoms. The molecule has 0 atom stereocenters. The molecular formula is C9H10O2S. The van der Waals surface area contributed by atoms with Crippen LogP contribution in [0.15, 0.2) is 12.1 Å². The first-order valence-corrected chi connectivity index (χ1v) is 4.89. The molecule has 0 unspecified atom stereocenters. The Labute approximate surface area is 74.8 Å². The van der Waals surface area contributed by atoms with Crippen molar-refractivity contribution < 1.29 is 9.90 Å². The quantitative estimate of drug-likeness (QED) is 0.779. The third kappa shape index (κ3) is 1.67. The van der Waals surface area contributed by atoms with Gasteiger partial charge in [0.05, 0.1) is 0 Å². The number of aromatic carboxylic acids is 1. The highest BCUT2D eigenvalue weighted by Crippen LogP contribution is 2.34. The summed E-state index contributed by atoms with van der Waals surface area (Å²) in [6.07, 6.45) is 3.72. The van der Waals surface area contributed by atoms with E-state index in [4.69, 9.17) is 5.11 Å². The molecule has 3 heteroatoms. The highest BCUT2D eigenvalue weighted by molar-refractivity contribution is 7.13. The molecule has 0 amide bonds. The van der Waals surface area contributed by atoms with E-state index in [0.717, 1.165) is 12.3 Å². The molecule has 0 spiro atoms. The average molecular weight is 182 g/mol. The minimum Gasteiger partial charge on any atom is -0.477 e. The zero-order valence-electron chi connectivity index (χ0n) is 6.62. The van der Waals surface area contributed by atoms with Gasteiger partial charge in [-0.15, -0.1) is 11.3 Å². The maximum absolute atomic E-state index is 10.5. The lowest BCUT2D eigenvalue weighted by Crippen LogP contribution is -1.89. The first kappa shape index (κ1) is 7.80. The third-order valence-electron chi connectivity index (χ3n) is 2.06. The van der Waals surface area contributed by atoms with Gasteiger partial charge in [0.2, 0.25) is 0 Å². The monoisotopic (exact) mass is 182 g/mol. The maximum Gasteiger partial charge on any atom is 0.345 e. The Bertz CT molecular complexity index is 299. The van der Waals surface area contributed by atoms with E-state index in [1.54, 1.807) is 6.07 Å². The molecule has 1 saturated carbocycles. The Hall–Kier alpha value is -0.830. The van der Waals surface area contributed by atoms with Crippen molar-refractivity contribution in [2.75, 3.05) is 0 Å². The van der Waals surface area contributed by atoms with Crippen LogP contribution in [0, 0.1) is 5.92 Å². The van der Waals surface area contributed by atoms with Crippen molar-refractivity contribution >= 4 is 17.3 Å². The van der Waals surface area contributed by atoms with Crippen LogP contribution in [0.2, 0.25) is 0 Å². The van der Waals surface area contributed by atoms with Gasteiger partial charge in [-0.25, -0.2) is 4.79 Å². The fourth-order valence-corrected chi connectivity index (χ4v) is 2.17. The fraction of sp³-hybridized carbons (Fsp3) is 0.444. The van der Waals surface area contributed by atoms with Crippen molar-refractivity contribution in [2.45, 2.75) is 19.3 Å². The van der Waals surface area contributed by atoms with Crippen molar-refractivity contribution in [3.05, 3.63) is 21.9 Å². The molecule has 1 aliphatic rings. The van der Waals surface area contributed by atoms with Crippen LogP contribution in [0.3, 0.4) is 0 Å². The Morgan fingerprint density at radius 2 is 2.33 bits per heavy atom. The van der Waals surface area contributed by atoms with Crippen LogP contribution in [0.5, 0.6) is 0 Å². The van der Waals surface area contributed by atoms with E-state index in [1.165, 1.54) is 29.1 Å². The molecule has 2 nitrogen and oxygen atoms in total. The maximum atomic E-state index is 10.5. The molecular weight excluding hydrogens is 172 g/mol. The lowest BCUT2D eigenvalue weighted by atomic mass is 10.2. The van der Waals surface area contributed by atoms with Crippen molar-refractivity contribution in [3.63, 3.8) is 0 Å². The standard InChI is InChI=1S/C9H10O2S/c10-9(11)8-4-3-7(12-8)5-6-1-2-6/h3-4,6H,1-2,5H2,(H,10,11). The van der Waals surface area contributed by atoms with Gasteiger partial charge < -0.3 is 5.11 Å². The van der Waals surface area contributed by atoms with Crippen molar-refractivity contribution in [3.8, 4) is 0 Å². The van der Waals surface area contributed by atoms with Crippen LogP contribution in [0.25, 0.3) is 0 Å². The molecule has 0 aromatic carbocycles. The van der Waals surface area contributed by atoms with E-state index in [0.29, 0.717) is 4.88 Å². The van der Waals surface area contributed by atoms with Gasteiger partial charge in [-0.05, 0) is 37.3 Å². The van der Waals surface area contributed by atoms with Gasteiger partial charge >= 0.3 is 5.97 Å². The van der Waals surface area contributed by atoms with Crippen molar-refractivity contribution in [1.82, 2.24) is 0 Å². The summed E-state index contributed by atoms with van der Waals surface area (Å²) >= 11 is 1.41. The predicted octanol–water partition coefficient (Wildman–Crippen LogP) is 2.40. The molecule has 0 aliphatic heterocycles. The molecule has 0 saturated heterocycles. The van der Waals surface area contributed by atoms with Gasteiger partial charge in [-0.2, -0.15) is 0 Å². The van der Waals surface area contributed by atoms with E-state index in [9.17, 15) is 4.79 Å². The summed E-state index contributed by atoms with van der Waals surface area (Å²) in [5.74, 6) is 0.0346. The van der Waals surface area contributed by atoms with Crippen molar-refractivity contribution in [2.24, 2.45) is 5.92 Å². The SMILES string of the molecule is O=C(O)c1ccc(CC2CC2)s1. The number of rotatable bonds is 3. The van der Waals surface area contributed by atoms with Crippen LogP contribution in [-0.4, -0.2) is 11.1 Å². The Morgan fingerprint density at radius 1 is 1.58 bits per heavy atom. The smallest absolute Gasteiger partial charge is 0.345 e. The van der Waals surface area contributed by atoms with Crippen LogP contribution in [-0.2, 0) is 6.42 Å². The van der Waals surface area contributed by atoms with E-state index < -0.39 is 5.97 Å². The summed E-state index contributed by atoms with van der Waals surface area (Å²) in [5.41, 5.74) is 0. The second kappa shape index (κ2) is 2.90. The lowest BCUT2D eigenvalue weighted by molar-refractivity contribution is 0.0702. The van der Waals surface area contributed by atoms with Gasteiger partial charge in [0, 0.05) is 4.88 Å². The van der Waals surface area contributed by atoms with Crippen molar-refractivity contribution in [1.29, 1.82) is 0 Å². The first-order valence-electron chi connectivity index (χ1n) is 4.07. The van der Waals surface area contributed by atoms with Gasteiger partial charge in [0.15, 0.2) is 0 Å². The Morgan fingerprint density at radius 3 is 2.83 bits per heavy atom.